The quantitative estimate of drug-likeness (QED) is 0.368. The van der Waals surface area contributed by atoms with Crippen molar-refractivity contribution in [3.05, 3.63) is 93.2 Å². The second kappa shape index (κ2) is 10.6. The molecule has 1 aromatic heterocycles. The van der Waals surface area contributed by atoms with Crippen LogP contribution in [-0.4, -0.2) is 23.8 Å². The Labute approximate surface area is 221 Å². The number of nitrogens with zero attached hydrogens (tertiary/aromatic N) is 2. The Morgan fingerprint density at radius 3 is 2.43 bits per heavy atom. The third-order valence-corrected chi connectivity index (χ3v) is 7.47. The summed E-state index contributed by atoms with van der Waals surface area (Å²) in [6.07, 6.45) is 1.76. The van der Waals surface area contributed by atoms with E-state index in [2.05, 4.69) is 36.9 Å². The fourth-order valence-corrected chi connectivity index (χ4v) is 6.35. The van der Waals surface area contributed by atoms with Crippen LogP contribution in [0.3, 0.4) is 0 Å². The summed E-state index contributed by atoms with van der Waals surface area (Å²) in [6, 6.07) is 8.68. The van der Waals surface area contributed by atoms with Crippen LogP contribution in [0.5, 0.6) is 5.75 Å². The lowest BCUT2D eigenvalue weighted by Gasteiger charge is -2.24. The maximum absolute atomic E-state index is 13.7. The summed E-state index contributed by atoms with van der Waals surface area (Å²) in [6.45, 7) is 6.01. The molecule has 0 spiro atoms. The number of halogens is 3. The van der Waals surface area contributed by atoms with Gasteiger partial charge in [0.1, 0.15) is 11.6 Å². The zero-order chi connectivity index (χ0) is 25.3. The molecule has 10 heteroatoms. The largest absolute Gasteiger partial charge is 0.492 e. The molecule has 2 aromatic carbocycles. The molecular weight excluding hydrogens is 603 g/mol. The molecule has 1 aliphatic rings. The highest BCUT2D eigenvalue weighted by atomic mass is 79.9. The number of rotatable bonds is 6. The summed E-state index contributed by atoms with van der Waals surface area (Å²) in [4.78, 5) is 31.5. The number of carbonyl (C=O) groups excluding carboxylic acids is 1. The van der Waals surface area contributed by atoms with Gasteiger partial charge in [-0.3, -0.25) is 9.36 Å². The summed E-state index contributed by atoms with van der Waals surface area (Å²) < 4.78 is 28.0. The van der Waals surface area contributed by atoms with Crippen LogP contribution in [0, 0.1) is 5.82 Å². The van der Waals surface area contributed by atoms with Crippen molar-refractivity contribution in [2.75, 3.05) is 13.2 Å². The van der Waals surface area contributed by atoms with E-state index < -0.39 is 17.8 Å². The minimum Gasteiger partial charge on any atom is -0.492 e. The van der Waals surface area contributed by atoms with Crippen LogP contribution in [0.1, 0.15) is 37.9 Å². The fraction of sp³-hybridized carbons (Fsp3) is 0.240. The van der Waals surface area contributed by atoms with Crippen molar-refractivity contribution in [3.63, 3.8) is 0 Å². The highest BCUT2D eigenvalue weighted by Gasteiger charge is 2.33. The minimum atomic E-state index is -0.785. The molecule has 0 unspecified atom stereocenters. The van der Waals surface area contributed by atoms with Crippen LogP contribution in [0.25, 0.3) is 6.08 Å². The van der Waals surface area contributed by atoms with Crippen LogP contribution in [-0.2, 0) is 9.53 Å². The molecule has 0 saturated heterocycles. The number of esters is 1. The van der Waals surface area contributed by atoms with Gasteiger partial charge in [-0.1, -0.05) is 23.5 Å². The minimum absolute atomic E-state index is 0.178. The SMILES string of the molecule is CCOC(=O)C1=C(C)N=c2s/c(=C\c3cc(Br)c(OCC)c(Br)c3)c(=O)n2[C@H]1c1ccc(F)cc1. The third kappa shape index (κ3) is 5.05. The molecule has 182 valence electrons. The van der Waals surface area contributed by atoms with Gasteiger partial charge in [0, 0.05) is 0 Å². The number of hydrogen-bond donors (Lipinski definition) is 0. The Bertz CT molecular complexity index is 1490. The van der Waals surface area contributed by atoms with Crippen molar-refractivity contribution >= 4 is 55.2 Å². The molecule has 6 nitrogen and oxygen atoms in total. The topological polar surface area (TPSA) is 69.9 Å². The Morgan fingerprint density at radius 1 is 1.17 bits per heavy atom. The van der Waals surface area contributed by atoms with Crippen LogP contribution in [0.4, 0.5) is 4.39 Å². The molecular formula is C25H21Br2FN2O4S. The Balaban J connectivity index is 1.91. The standard InChI is InChI=1S/C25H21Br2FN2O4S/c1-4-33-22-17(26)10-14(11-18(22)27)12-19-23(31)30-21(15-6-8-16(28)9-7-15)20(24(32)34-5-2)13(3)29-25(30)35-19/h6-12,21H,4-5H2,1-3H3/b19-12-/t21-/m0/s1. The Morgan fingerprint density at radius 2 is 1.83 bits per heavy atom. The van der Waals surface area contributed by atoms with Crippen molar-refractivity contribution in [1.29, 1.82) is 0 Å². The molecule has 4 rings (SSSR count). The van der Waals surface area contributed by atoms with E-state index in [1.807, 2.05) is 19.1 Å². The van der Waals surface area contributed by atoms with E-state index in [-0.39, 0.29) is 17.7 Å². The van der Waals surface area contributed by atoms with E-state index in [1.54, 1.807) is 32.1 Å². The number of aromatic nitrogens is 1. The lowest BCUT2D eigenvalue weighted by atomic mass is 9.96. The second-order valence-electron chi connectivity index (χ2n) is 7.60. The molecule has 0 amide bonds. The molecule has 0 radical (unpaired) electrons. The number of allylic oxidation sites excluding steroid dienone is 1. The molecule has 2 heterocycles. The lowest BCUT2D eigenvalue weighted by molar-refractivity contribution is -0.139. The van der Waals surface area contributed by atoms with Crippen molar-refractivity contribution < 1.29 is 18.7 Å². The van der Waals surface area contributed by atoms with Gasteiger partial charge in [0.25, 0.3) is 5.56 Å². The average Bonchev–Trinajstić information content (AvgIpc) is 3.10. The van der Waals surface area contributed by atoms with Crippen LogP contribution in [0.15, 0.2) is 66.4 Å². The van der Waals surface area contributed by atoms with Gasteiger partial charge >= 0.3 is 5.97 Å². The zero-order valence-corrected chi connectivity index (χ0v) is 23.1. The number of ether oxygens (including phenoxy) is 2. The summed E-state index contributed by atoms with van der Waals surface area (Å²) in [5.74, 6) is -0.292. The number of carbonyl (C=O) groups is 1. The highest BCUT2D eigenvalue weighted by Crippen LogP contribution is 2.35. The van der Waals surface area contributed by atoms with Crippen LogP contribution < -0.4 is 19.6 Å². The first-order chi connectivity index (χ1) is 16.7. The smallest absolute Gasteiger partial charge is 0.338 e. The molecule has 1 atom stereocenters. The molecule has 0 N–H and O–H groups in total. The third-order valence-electron chi connectivity index (χ3n) is 5.31. The summed E-state index contributed by atoms with van der Waals surface area (Å²) in [7, 11) is 0. The maximum atomic E-state index is 13.7. The first-order valence-corrected chi connectivity index (χ1v) is 13.2. The molecule has 0 fully saturated rings. The number of hydrogen-bond acceptors (Lipinski definition) is 6. The van der Waals surface area contributed by atoms with E-state index in [0.29, 0.717) is 33.0 Å². The molecule has 0 saturated carbocycles. The molecule has 0 aliphatic carbocycles. The van der Waals surface area contributed by atoms with Crippen molar-refractivity contribution in [2.45, 2.75) is 26.8 Å². The molecule has 1 aliphatic heterocycles. The summed E-state index contributed by atoms with van der Waals surface area (Å²) in [5, 5.41) is 0. The lowest BCUT2D eigenvalue weighted by Crippen LogP contribution is -2.39. The second-order valence-corrected chi connectivity index (χ2v) is 10.3. The van der Waals surface area contributed by atoms with E-state index in [4.69, 9.17) is 9.47 Å². The fourth-order valence-electron chi connectivity index (χ4n) is 3.85. The zero-order valence-electron chi connectivity index (χ0n) is 19.1. The number of fused-ring (bicyclic) bond motifs is 1. The Kier molecular flexibility index (Phi) is 7.73. The number of thiazole rings is 1. The van der Waals surface area contributed by atoms with Crippen LogP contribution >= 0.6 is 43.2 Å². The van der Waals surface area contributed by atoms with Gasteiger partial charge in [-0.15, -0.1) is 0 Å². The highest BCUT2D eigenvalue weighted by molar-refractivity contribution is 9.11. The van der Waals surface area contributed by atoms with Gasteiger partial charge in [0.05, 0.1) is 44.0 Å². The Hall–Kier alpha value is -2.56. The van der Waals surface area contributed by atoms with Crippen molar-refractivity contribution in [1.82, 2.24) is 4.57 Å². The van der Waals surface area contributed by atoms with Gasteiger partial charge < -0.3 is 9.47 Å². The van der Waals surface area contributed by atoms with Gasteiger partial charge in [0.2, 0.25) is 0 Å². The van der Waals surface area contributed by atoms with Gasteiger partial charge in [-0.25, -0.2) is 14.2 Å². The predicted molar refractivity (Wildman–Crippen MR) is 140 cm³/mol. The maximum Gasteiger partial charge on any atom is 0.338 e. The first-order valence-electron chi connectivity index (χ1n) is 10.8. The molecule has 0 bridgehead atoms. The summed E-state index contributed by atoms with van der Waals surface area (Å²) >= 11 is 8.26. The molecule has 35 heavy (non-hydrogen) atoms. The van der Waals surface area contributed by atoms with Crippen molar-refractivity contribution in [3.8, 4) is 5.75 Å². The average molecular weight is 624 g/mol. The van der Waals surface area contributed by atoms with Gasteiger partial charge in [-0.05, 0) is 94.1 Å². The van der Waals surface area contributed by atoms with E-state index in [1.165, 1.54) is 28.0 Å². The van der Waals surface area contributed by atoms with Crippen molar-refractivity contribution in [2.24, 2.45) is 4.99 Å². The monoisotopic (exact) mass is 622 g/mol. The number of benzene rings is 2. The first kappa shape index (κ1) is 25.5. The van der Waals surface area contributed by atoms with Crippen LogP contribution in [0.2, 0.25) is 0 Å². The van der Waals surface area contributed by atoms with E-state index >= 15 is 0 Å². The van der Waals surface area contributed by atoms with Gasteiger partial charge in [-0.2, -0.15) is 0 Å². The van der Waals surface area contributed by atoms with E-state index in [9.17, 15) is 14.0 Å². The molecule has 3 aromatic rings. The predicted octanol–water partition coefficient (Wildman–Crippen LogP) is 4.86. The van der Waals surface area contributed by atoms with E-state index in [0.717, 1.165) is 14.5 Å². The van der Waals surface area contributed by atoms with Gasteiger partial charge in [0.15, 0.2) is 4.80 Å². The normalized spacial score (nSPS) is 15.6. The summed E-state index contributed by atoms with van der Waals surface area (Å²) in [5.41, 5.74) is 1.76.